The van der Waals surface area contributed by atoms with Gasteiger partial charge in [-0.3, -0.25) is 0 Å². The number of pyridine rings is 1. The van der Waals surface area contributed by atoms with Crippen LogP contribution in [0.3, 0.4) is 0 Å². The van der Waals surface area contributed by atoms with E-state index in [-0.39, 0.29) is 0 Å². The fourth-order valence-corrected chi connectivity index (χ4v) is 1.93. The zero-order valence-electron chi connectivity index (χ0n) is 11.7. The molecule has 6 nitrogen and oxygen atoms in total. The molecule has 0 aliphatic carbocycles. The molecule has 0 bridgehead atoms. The van der Waals surface area contributed by atoms with Crippen molar-refractivity contribution >= 4 is 17.5 Å². The molecule has 0 fully saturated rings. The molecule has 4 N–H and O–H groups in total. The van der Waals surface area contributed by atoms with Gasteiger partial charge in [-0.25, -0.2) is 9.59 Å². The molecule has 0 saturated heterocycles. The van der Waals surface area contributed by atoms with Crippen molar-refractivity contribution in [2.75, 3.05) is 6.54 Å². The fraction of sp³-hybridized carbons (Fsp3) is 0.200. The van der Waals surface area contributed by atoms with E-state index in [0.29, 0.717) is 12.2 Å². The molecule has 2 heterocycles. The number of hydrogen-bond acceptors (Lipinski definition) is 3. The van der Waals surface area contributed by atoms with Crippen LogP contribution >= 0.6 is 0 Å². The van der Waals surface area contributed by atoms with E-state index in [1.165, 1.54) is 16.6 Å². The summed E-state index contributed by atoms with van der Waals surface area (Å²) in [6, 6.07) is 6.24. The normalized spacial score (nSPS) is 10.4. The SMILES string of the molecule is Cc1cn2ccccc2c1CCN.O=C(O)/C=C\C(=O)O. The Bertz CT molecular complexity index is 643. The van der Waals surface area contributed by atoms with E-state index in [2.05, 4.69) is 35.9 Å². The second kappa shape index (κ2) is 7.86. The van der Waals surface area contributed by atoms with Gasteiger partial charge in [0.1, 0.15) is 0 Å². The van der Waals surface area contributed by atoms with Gasteiger partial charge < -0.3 is 20.3 Å². The van der Waals surface area contributed by atoms with Crippen LogP contribution in [0.5, 0.6) is 0 Å². The first-order valence-corrected chi connectivity index (χ1v) is 6.35. The topological polar surface area (TPSA) is 105 Å². The molecule has 0 radical (unpaired) electrons. The van der Waals surface area contributed by atoms with Gasteiger partial charge in [0, 0.05) is 30.1 Å². The van der Waals surface area contributed by atoms with Gasteiger partial charge in [0.2, 0.25) is 0 Å². The molecule has 0 unspecified atom stereocenters. The maximum atomic E-state index is 9.55. The molecule has 0 aliphatic heterocycles. The number of carboxylic acid groups (broad SMARTS) is 2. The highest BCUT2D eigenvalue weighted by molar-refractivity contribution is 5.89. The Kier molecular flexibility index (Phi) is 6.16. The molecule has 0 atom stereocenters. The largest absolute Gasteiger partial charge is 0.478 e. The molecule has 2 aromatic rings. The monoisotopic (exact) mass is 290 g/mol. The second-order valence-electron chi connectivity index (χ2n) is 4.33. The summed E-state index contributed by atoms with van der Waals surface area (Å²) in [7, 11) is 0. The summed E-state index contributed by atoms with van der Waals surface area (Å²) in [5, 5.41) is 15.6. The molecule has 2 rings (SSSR count). The highest BCUT2D eigenvalue weighted by Crippen LogP contribution is 2.17. The van der Waals surface area contributed by atoms with Gasteiger partial charge in [-0.05, 0) is 43.1 Å². The van der Waals surface area contributed by atoms with Crippen LogP contribution in [0, 0.1) is 6.92 Å². The summed E-state index contributed by atoms with van der Waals surface area (Å²) in [6.45, 7) is 2.85. The maximum Gasteiger partial charge on any atom is 0.328 e. The van der Waals surface area contributed by atoms with Gasteiger partial charge >= 0.3 is 11.9 Å². The highest BCUT2D eigenvalue weighted by Gasteiger charge is 2.04. The lowest BCUT2D eigenvalue weighted by atomic mass is 10.1. The molecule has 2 aromatic heterocycles. The lowest BCUT2D eigenvalue weighted by Gasteiger charge is -1.98. The molecule has 0 amide bonds. The van der Waals surface area contributed by atoms with Crippen molar-refractivity contribution in [1.82, 2.24) is 4.40 Å². The van der Waals surface area contributed by atoms with Crippen LogP contribution in [-0.4, -0.2) is 33.1 Å². The maximum absolute atomic E-state index is 9.55. The lowest BCUT2D eigenvalue weighted by Crippen LogP contribution is -2.03. The predicted molar refractivity (Wildman–Crippen MR) is 79.3 cm³/mol. The molecular formula is C15H18N2O4. The van der Waals surface area contributed by atoms with E-state index in [1.807, 2.05) is 6.07 Å². The molecule has 112 valence electrons. The van der Waals surface area contributed by atoms with E-state index in [0.717, 1.165) is 13.0 Å². The van der Waals surface area contributed by atoms with Gasteiger partial charge in [0.05, 0.1) is 0 Å². The third-order valence-corrected chi connectivity index (χ3v) is 2.77. The molecule has 21 heavy (non-hydrogen) atoms. The summed E-state index contributed by atoms with van der Waals surface area (Å²) in [5.41, 5.74) is 9.56. The van der Waals surface area contributed by atoms with Crippen LogP contribution in [0.4, 0.5) is 0 Å². The zero-order chi connectivity index (χ0) is 15.8. The summed E-state index contributed by atoms with van der Waals surface area (Å²) in [6.07, 6.45) is 6.31. The Hall–Kier alpha value is -2.60. The fourth-order valence-electron chi connectivity index (χ4n) is 1.93. The van der Waals surface area contributed by atoms with E-state index in [1.54, 1.807) is 0 Å². The molecule has 0 saturated carbocycles. The number of nitrogens with two attached hydrogens (primary N) is 1. The Labute approximate surface area is 122 Å². The third kappa shape index (κ3) is 5.12. The number of aromatic nitrogens is 1. The molecule has 0 aromatic carbocycles. The van der Waals surface area contributed by atoms with E-state index < -0.39 is 11.9 Å². The second-order valence-corrected chi connectivity index (χ2v) is 4.33. The van der Waals surface area contributed by atoms with E-state index in [4.69, 9.17) is 15.9 Å². The number of carbonyl (C=O) groups is 2. The van der Waals surface area contributed by atoms with Crippen LogP contribution in [-0.2, 0) is 16.0 Å². The zero-order valence-corrected chi connectivity index (χ0v) is 11.7. The number of rotatable bonds is 4. The van der Waals surface area contributed by atoms with Crippen LogP contribution in [0.2, 0.25) is 0 Å². The summed E-state index contributed by atoms with van der Waals surface area (Å²) in [5.74, 6) is -2.51. The number of aliphatic carboxylic acids is 2. The summed E-state index contributed by atoms with van der Waals surface area (Å²) >= 11 is 0. The average molecular weight is 290 g/mol. The van der Waals surface area contributed by atoms with Crippen molar-refractivity contribution in [2.24, 2.45) is 5.73 Å². The van der Waals surface area contributed by atoms with Crippen molar-refractivity contribution in [3.63, 3.8) is 0 Å². The van der Waals surface area contributed by atoms with Crippen LogP contribution < -0.4 is 5.73 Å². The number of aryl methyl sites for hydroxylation is 1. The summed E-state index contributed by atoms with van der Waals surface area (Å²) < 4.78 is 2.15. The molecule has 0 spiro atoms. The molecular weight excluding hydrogens is 272 g/mol. The number of fused-ring (bicyclic) bond motifs is 1. The number of hydrogen-bond donors (Lipinski definition) is 3. The Morgan fingerprint density at radius 1 is 1.24 bits per heavy atom. The van der Waals surface area contributed by atoms with Gasteiger partial charge in [0.15, 0.2) is 0 Å². The van der Waals surface area contributed by atoms with Crippen molar-refractivity contribution in [2.45, 2.75) is 13.3 Å². The predicted octanol–water partition coefficient (Wildman–Crippen LogP) is 1.46. The third-order valence-electron chi connectivity index (χ3n) is 2.77. The Morgan fingerprint density at radius 2 is 1.86 bits per heavy atom. The standard InChI is InChI=1S/C11H14N2.C4H4O4/c1-9-8-13-7-3-2-4-11(13)10(9)5-6-12;5-3(6)1-2-4(7)8/h2-4,7-8H,5-6,12H2,1H3;1-2H,(H,5,6)(H,7,8)/b;2-1-. The lowest BCUT2D eigenvalue weighted by molar-refractivity contribution is -0.134. The van der Waals surface area contributed by atoms with Crippen LogP contribution in [0.15, 0.2) is 42.7 Å². The van der Waals surface area contributed by atoms with Crippen molar-refractivity contribution in [3.8, 4) is 0 Å². The van der Waals surface area contributed by atoms with Crippen LogP contribution in [0.25, 0.3) is 5.52 Å². The number of nitrogens with zero attached hydrogens (tertiary/aromatic N) is 1. The Balaban J connectivity index is 0.000000240. The molecule has 0 aliphatic rings. The first kappa shape index (κ1) is 16.5. The van der Waals surface area contributed by atoms with Crippen molar-refractivity contribution in [3.05, 3.63) is 53.9 Å². The quantitative estimate of drug-likeness (QED) is 0.739. The molecule has 6 heteroatoms. The van der Waals surface area contributed by atoms with Crippen molar-refractivity contribution < 1.29 is 19.8 Å². The number of carboxylic acids is 2. The minimum absolute atomic E-state index is 0.558. The van der Waals surface area contributed by atoms with Gasteiger partial charge in [0.25, 0.3) is 0 Å². The first-order chi connectivity index (χ1) is 9.95. The van der Waals surface area contributed by atoms with Gasteiger partial charge in [-0.1, -0.05) is 6.07 Å². The first-order valence-electron chi connectivity index (χ1n) is 6.35. The van der Waals surface area contributed by atoms with Gasteiger partial charge in [-0.15, -0.1) is 0 Å². The summed E-state index contributed by atoms with van der Waals surface area (Å²) in [4.78, 5) is 19.1. The smallest absolute Gasteiger partial charge is 0.328 e. The van der Waals surface area contributed by atoms with E-state index in [9.17, 15) is 9.59 Å². The van der Waals surface area contributed by atoms with E-state index >= 15 is 0 Å². The van der Waals surface area contributed by atoms with Crippen molar-refractivity contribution in [1.29, 1.82) is 0 Å². The minimum atomic E-state index is -1.26. The van der Waals surface area contributed by atoms with Gasteiger partial charge in [-0.2, -0.15) is 0 Å². The average Bonchev–Trinajstić information content (AvgIpc) is 2.74. The Morgan fingerprint density at radius 3 is 2.38 bits per heavy atom. The highest BCUT2D eigenvalue weighted by atomic mass is 16.4. The van der Waals surface area contributed by atoms with Crippen LogP contribution in [0.1, 0.15) is 11.1 Å². The minimum Gasteiger partial charge on any atom is -0.478 e.